The van der Waals surface area contributed by atoms with E-state index in [0.717, 1.165) is 47.6 Å². The molecule has 0 spiro atoms. The van der Waals surface area contributed by atoms with Crippen LogP contribution >= 0.6 is 15.9 Å². The fraction of sp³-hybridized carbons (Fsp3) is 0.625. The summed E-state index contributed by atoms with van der Waals surface area (Å²) in [6.45, 7) is 7.61. The highest BCUT2D eigenvalue weighted by molar-refractivity contribution is 9.10. The molecule has 1 N–H and O–H groups in total. The lowest BCUT2D eigenvalue weighted by atomic mass is 10.0. The predicted molar refractivity (Wildman–Crippen MR) is 91.5 cm³/mol. The maximum absolute atomic E-state index is 5.58. The summed E-state index contributed by atoms with van der Waals surface area (Å²) in [5, 5.41) is 3.39. The summed E-state index contributed by atoms with van der Waals surface area (Å²) in [5.41, 5.74) is 1.15. The van der Waals surface area contributed by atoms with Crippen LogP contribution in [0.1, 0.15) is 31.9 Å². The van der Waals surface area contributed by atoms with Crippen LogP contribution in [0.25, 0.3) is 0 Å². The Morgan fingerprint density at radius 3 is 2.33 bits per heavy atom. The van der Waals surface area contributed by atoms with Crippen molar-refractivity contribution in [2.75, 3.05) is 40.9 Å². The molecule has 0 radical (unpaired) electrons. The van der Waals surface area contributed by atoms with E-state index in [4.69, 9.17) is 9.47 Å². The summed E-state index contributed by atoms with van der Waals surface area (Å²) in [7, 11) is 5.35. The van der Waals surface area contributed by atoms with Crippen LogP contribution in [0.15, 0.2) is 16.6 Å². The fourth-order valence-corrected chi connectivity index (χ4v) is 3.18. The molecule has 1 aromatic carbocycles. The molecule has 0 aromatic heterocycles. The lowest BCUT2D eigenvalue weighted by molar-refractivity contribution is 0.282. The van der Waals surface area contributed by atoms with Crippen molar-refractivity contribution < 1.29 is 9.47 Å². The minimum atomic E-state index is 0.253. The molecule has 1 unspecified atom stereocenters. The lowest BCUT2D eigenvalue weighted by Crippen LogP contribution is -2.28. The molecule has 120 valence electrons. The van der Waals surface area contributed by atoms with Crippen molar-refractivity contribution in [1.29, 1.82) is 0 Å². The summed E-state index contributed by atoms with van der Waals surface area (Å²) < 4.78 is 11.8. The van der Waals surface area contributed by atoms with E-state index in [1.807, 2.05) is 13.1 Å². The van der Waals surface area contributed by atoms with E-state index in [2.05, 4.69) is 46.1 Å². The van der Waals surface area contributed by atoms with Crippen molar-refractivity contribution in [3.8, 4) is 11.5 Å². The molecule has 1 aromatic rings. The van der Waals surface area contributed by atoms with Gasteiger partial charge in [-0.15, -0.1) is 0 Å². The van der Waals surface area contributed by atoms with Crippen LogP contribution in [-0.4, -0.2) is 45.8 Å². The Morgan fingerprint density at radius 2 is 1.86 bits per heavy atom. The molecule has 0 heterocycles. The molecular formula is C16H27BrN2O2. The lowest BCUT2D eigenvalue weighted by Gasteiger charge is -2.24. The molecule has 0 aliphatic heterocycles. The first kappa shape index (κ1) is 18.3. The van der Waals surface area contributed by atoms with Gasteiger partial charge < -0.3 is 19.7 Å². The normalized spacial score (nSPS) is 12.5. The average molecular weight is 359 g/mol. The van der Waals surface area contributed by atoms with E-state index in [1.165, 1.54) is 0 Å². The minimum absolute atomic E-state index is 0.253. The highest BCUT2D eigenvalue weighted by Gasteiger charge is 2.19. The SMILES string of the molecule is CCN(CC)CCC(NC)c1ccc(OC)c(Br)c1OC. The third kappa shape index (κ3) is 4.59. The van der Waals surface area contributed by atoms with Crippen molar-refractivity contribution in [3.05, 3.63) is 22.2 Å². The number of benzene rings is 1. The third-order valence-electron chi connectivity index (χ3n) is 3.87. The number of methoxy groups -OCH3 is 2. The summed E-state index contributed by atoms with van der Waals surface area (Å²) >= 11 is 3.57. The van der Waals surface area contributed by atoms with E-state index in [9.17, 15) is 0 Å². The van der Waals surface area contributed by atoms with Crippen LogP contribution in [0.2, 0.25) is 0 Å². The molecule has 4 nitrogen and oxygen atoms in total. The van der Waals surface area contributed by atoms with Crippen LogP contribution in [0.3, 0.4) is 0 Å². The molecule has 1 rings (SSSR count). The Morgan fingerprint density at radius 1 is 1.19 bits per heavy atom. The van der Waals surface area contributed by atoms with Gasteiger partial charge in [0.1, 0.15) is 16.0 Å². The second-order valence-electron chi connectivity index (χ2n) is 4.86. The second-order valence-corrected chi connectivity index (χ2v) is 5.65. The Balaban J connectivity index is 2.97. The Kier molecular flexibility index (Phi) is 8.07. The second kappa shape index (κ2) is 9.28. The van der Waals surface area contributed by atoms with Gasteiger partial charge in [-0.05, 0) is 61.2 Å². The fourth-order valence-electron chi connectivity index (χ4n) is 2.50. The van der Waals surface area contributed by atoms with E-state index >= 15 is 0 Å². The van der Waals surface area contributed by atoms with Crippen molar-refractivity contribution in [3.63, 3.8) is 0 Å². The zero-order valence-electron chi connectivity index (χ0n) is 13.7. The van der Waals surface area contributed by atoms with Gasteiger partial charge in [0.2, 0.25) is 0 Å². The highest BCUT2D eigenvalue weighted by atomic mass is 79.9. The van der Waals surface area contributed by atoms with E-state index in [-0.39, 0.29) is 6.04 Å². The van der Waals surface area contributed by atoms with Gasteiger partial charge in [0, 0.05) is 11.6 Å². The minimum Gasteiger partial charge on any atom is -0.495 e. The first-order valence-corrected chi connectivity index (χ1v) is 8.22. The predicted octanol–water partition coefficient (Wildman–Crippen LogP) is 3.46. The van der Waals surface area contributed by atoms with Crippen LogP contribution < -0.4 is 14.8 Å². The molecule has 1 atom stereocenters. The Hall–Kier alpha value is -0.780. The number of nitrogens with zero attached hydrogens (tertiary/aromatic N) is 1. The third-order valence-corrected chi connectivity index (χ3v) is 4.62. The molecular weight excluding hydrogens is 332 g/mol. The number of ether oxygens (including phenoxy) is 2. The summed E-state index contributed by atoms with van der Waals surface area (Å²) in [6, 6.07) is 4.30. The van der Waals surface area contributed by atoms with Crippen molar-refractivity contribution in [2.24, 2.45) is 0 Å². The monoisotopic (exact) mass is 358 g/mol. The maximum atomic E-state index is 5.58. The van der Waals surface area contributed by atoms with Crippen molar-refractivity contribution in [2.45, 2.75) is 26.3 Å². The molecule has 0 aliphatic rings. The molecule has 5 heteroatoms. The van der Waals surface area contributed by atoms with E-state index in [1.54, 1.807) is 14.2 Å². The number of nitrogens with one attached hydrogen (secondary N) is 1. The van der Waals surface area contributed by atoms with E-state index in [0.29, 0.717) is 0 Å². The molecule has 0 bridgehead atoms. The molecule has 0 saturated carbocycles. The first-order chi connectivity index (χ1) is 10.1. The Labute approximate surface area is 136 Å². The zero-order chi connectivity index (χ0) is 15.8. The molecule has 0 amide bonds. The van der Waals surface area contributed by atoms with Crippen molar-refractivity contribution >= 4 is 15.9 Å². The Bertz CT molecular complexity index is 437. The maximum Gasteiger partial charge on any atom is 0.141 e. The molecule has 0 saturated heterocycles. The highest BCUT2D eigenvalue weighted by Crippen LogP contribution is 2.40. The number of hydrogen-bond acceptors (Lipinski definition) is 4. The largest absolute Gasteiger partial charge is 0.495 e. The van der Waals surface area contributed by atoms with E-state index < -0.39 is 0 Å². The van der Waals surface area contributed by atoms with Gasteiger partial charge >= 0.3 is 0 Å². The molecule has 0 fully saturated rings. The van der Waals surface area contributed by atoms with Crippen LogP contribution in [0, 0.1) is 0 Å². The number of hydrogen-bond donors (Lipinski definition) is 1. The quantitative estimate of drug-likeness (QED) is 0.732. The molecule has 21 heavy (non-hydrogen) atoms. The summed E-state index contributed by atoms with van der Waals surface area (Å²) in [6.07, 6.45) is 1.04. The first-order valence-electron chi connectivity index (χ1n) is 7.42. The van der Waals surface area contributed by atoms with Crippen LogP contribution in [0.4, 0.5) is 0 Å². The zero-order valence-corrected chi connectivity index (χ0v) is 15.3. The van der Waals surface area contributed by atoms with Gasteiger partial charge in [0.25, 0.3) is 0 Å². The average Bonchev–Trinajstić information content (AvgIpc) is 2.51. The van der Waals surface area contributed by atoms with Gasteiger partial charge in [-0.1, -0.05) is 13.8 Å². The van der Waals surface area contributed by atoms with Gasteiger partial charge in [-0.2, -0.15) is 0 Å². The van der Waals surface area contributed by atoms with Gasteiger partial charge in [0.15, 0.2) is 0 Å². The molecule has 0 aliphatic carbocycles. The van der Waals surface area contributed by atoms with Crippen molar-refractivity contribution in [1.82, 2.24) is 10.2 Å². The number of rotatable bonds is 9. The van der Waals surface area contributed by atoms with Crippen LogP contribution in [-0.2, 0) is 0 Å². The van der Waals surface area contributed by atoms with Gasteiger partial charge in [0.05, 0.1) is 14.2 Å². The smallest absolute Gasteiger partial charge is 0.141 e. The number of halogens is 1. The van der Waals surface area contributed by atoms with Crippen LogP contribution in [0.5, 0.6) is 11.5 Å². The summed E-state index contributed by atoms with van der Waals surface area (Å²) in [4.78, 5) is 2.43. The van der Waals surface area contributed by atoms with Gasteiger partial charge in [-0.25, -0.2) is 0 Å². The standard InChI is InChI=1S/C16H27BrN2O2/c1-6-19(7-2)11-10-13(18-3)12-8-9-14(20-4)15(17)16(12)21-5/h8-9,13,18H,6-7,10-11H2,1-5H3. The van der Waals surface area contributed by atoms with Gasteiger partial charge in [-0.3, -0.25) is 0 Å². The summed E-state index contributed by atoms with van der Waals surface area (Å²) in [5.74, 6) is 1.63. The topological polar surface area (TPSA) is 33.7 Å².